The van der Waals surface area contributed by atoms with E-state index >= 15 is 0 Å². The van der Waals surface area contributed by atoms with Crippen molar-refractivity contribution in [1.82, 2.24) is 4.98 Å². The van der Waals surface area contributed by atoms with E-state index in [1.54, 1.807) is 39.0 Å². The Morgan fingerprint density at radius 2 is 1.81 bits per heavy atom. The molecular formula is C24H30N2O5S. The minimum Gasteiger partial charge on any atom is -0.482 e. The highest BCUT2D eigenvalue weighted by atomic mass is 32.1. The van der Waals surface area contributed by atoms with Gasteiger partial charge in [0.25, 0.3) is 0 Å². The number of esters is 2. The van der Waals surface area contributed by atoms with Gasteiger partial charge in [0.1, 0.15) is 10.8 Å². The summed E-state index contributed by atoms with van der Waals surface area (Å²) in [6, 6.07) is 7.20. The van der Waals surface area contributed by atoms with Gasteiger partial charge >= 0.3 is 11.9 Å². The van der Waals surface area contributed by atoms with Gasteiger partial charge in [-0.15, -0.1) is 11.3 Å². The van der Waals surface area contributed by atoms with Crippen LogP contribution in [0.3, 0.4) is 0 Å². The van der Waals surface area contributed by atoms with Crippen LogP contribution in [0.25, 0.3) is 6.08 Å². The van der Waals surface area contributed by atoms with Gasteiger partial charge < -0.3 is 19.9 Å². The monoisotopic (exact) mass is 458 g/mol. The standard InChI is InChI=1S/C24H30N2O5S/c1-5-29-22(27)14-31-20-9-7-18(8-10-20)13-21(25)23-26-19(15-32-23)12-16(3)11-17(4)24(28)30-6-2/h7-12,15,21H,5-6,13-14,25H2,1-4H3/b16-12+,17-11-. The second-order valence-corrected chi connectivity index (χ2v) is 7.98. The first-order valence-corrected chi connectivity index (χ1v) is 11.3. The SMILES string of the molecule is CCOC(=O)COc1ccc(CC(N)c2nc(/C=C(C)/C=C(/C)C(=O)OCC)cs2)cc1. The van der Waals surface area contributed by atoms with Crippen LogP contribution in [0.4, 0.5) is 0 Å². The van der Waals surface area contributed by atoms with Crippen LogP contribution in [0.2, 0.25) is 0 Å². The van der Waals surface area contributed by atoms with Crippen molar-refractivity contribution < 1.29 is 23.8 Å². The molecule has 1 atom stereocenters. The maximum Gasteiger partial charge on any atom is 0.344 e. The van der Waals surface area contributed by atoms with E-state index in [1.807, 2.05) is 30.5 Å². The first-order chi connectivity index (χ1) is 15.3. The molecule has 0 amide bonds. The molecule has 0 saturated carbocycles. The molecule has 2 aromatic rings. The third-order valence-corrected chi connectivity index (χ3v) is 5.31. The third kappa shape index (κ3) is 8.28. The van der Waals surface area contributed by atoms with Crippen LogP contribution in [-0.2, 0) is 25.5 Å². The smallest absolute Gasteiger partial charge is 0.344 e. The van der Waals surface area contributed by atoms with Crippen molar-refractivity contribution in [2.45, 2.75) is 40.2 Å². The molecule has 0 radical (unpaired) electrons. The van der Waals surface area contributed by atoms with Crippen LogP contribution >= 0.6 is 11.3 Å². The number of aromatic nitrogens is 1. The summed E-state index contributed by atoms with van der Waals surface area (Å²) >= 11 is 1.50. The van der Waals surface area contributed by atoms with E-state index in [9.17, 15) is 9.59 Å². The number of benzene rings is 1. The minimum atomic E-state index is -0.394. The number of hydrogen-bond donors (Lipinski definition) is 1. The molecule has 8 heteroatoms. The van der Waals surface area contributed by atoms with Gasteiger partial charge in [0.2, 0.25) is 0 Å². The number of carbonyl (C=O) groups excluding carboxylic acids is 2. The maximum atomic E-state index is 11.7. The highest BCUT2D eigenvalue weighted by Gasteiger charge is 2.12. The van der Waals surface area contributed by atoms with Crippen LogP contribution in [0.1, 0.15) is 50.0 Å². The molecule has 7 nitrogen and oxygen atoms in total. The first-order valence-electron chi connectivity index (χ1n) is 10.4. The summed E-state index contributed by atoms with van der Waals surface area (Å²) < 4.78 is 15.2. The van der Waals surface area contributed by atoms with Gasteiger partial charge in [0.05, 0.1) is 24.9 Å². The fraction of sp³-hybridized carbons (Fsp3) is 0.375. The molecular weight excluding hydrogens is 428 g/mol. The Balaban J connectivity index is 1.94. The van der Waals surface area contributed by atoms with Crippen LogP contribution < -0.4 is 10.5 Å². The lowest BCUT2D eigenvalue weighted by Crippen LogP contribution is -2.15. The Bertz CT molecular complexity index is 963. The summed E-state index contributed by atoms with van der Waals surface area (Å²) in [7, 11) is 0. The Hall–Kier alpha value is -2.97. The molecule has 0 aliphatic rings. The van der Waals surface area contributed by atoms with Gasteiger partial charge in [-0.05, 0) is 69.5 Å². The number of hydrogen-bond acceptors (Lipinski definition) is 8. The van der Waals surface area contributed by atoms with Crippen molar-refractivity contribution in [3.05, 3.63) is 63.1 Å². The van der Waals surface area contributed by atoms with Gasteiger partial charge in [-0.25, -0.2) is 14.6 Å². The molecule has 0 aliphatic carbocycles. The van der Waals surface area contributed by atoms with Crippen molar-refractivity contribution >= 4 is 29.4 Å². The summed E-state index contributed by atoms with van der Waals surface area (Å²) in [6.07, 6.45) is 4.31. The van der Waals surface area contributed by atoms with Gasteiger partial charge in [-0.1, -0.05) is 12.1 Å². The van der Waals surface area contributed by atoms with Crippen LogP contribution in [0, 0.1) is 0 Å². The summed E-state index contributed by atoms with van der Waals surface area (Å²) in [4.78, 5) is 27.7. The summed E-state index contributed by atoms with van der Waals surface area (Å²) in [5.74, 6) is -0.119. The number of ether oxygens (including phenoxy) is 3. The van der Waals surface area contributed by atoms with Crippen molar-refractivity contribution in [2.75, 3.05) is 19.8 Å². The molecule has 2 rings (SSSR count). The Morgan fingerprint density at radius 1 is 1.12 bits per heavy atom. The lowest BCUT2D eigenvalue weighted by atomic mass is 10.1. The van der Waals surface area contributed by atoms with E-state index in [1.165, 1.54) is 11.3 Å². The summed E-state index contributed by atoms with van der Waals surface area (Å²) in [6.45, 7) is 7.74. The first kappa shape index (κ1) is 25.3. The third-order valence-electron chi connectivity index (χ3n) is 4.32. The van der Waals surface area contributed by atoms with Crippen LogP contribution in [-0.4, -0.2) is 36.7 Å². The molecule has 0 bridgehead atoms. The zero-order valence-electron chi connectivity index (χ0n) is 18.9. The molecule has 1 aromatic carbocycles. The van der Waals surface area contributed by atoms with Crippen molar-refractivity contribution in [3.63, 3.8) is 0 Å². The van der Waals surface area contributed by atoms with Crippen LogP contribution in [0.15, 0.2) is 46.9 Å². The van der Waals surface area contributed by atoms with E-state index in [2.05, 4.69) is 4.98 Å². The Morgan fingerprint density at radius 3 is 2.47 bits per heavy atom. The number of rotatable bonds is 11. The molecule has 1 aromatic heterocycles. The second kappa shape index (κ2) is 12.8. The topological polar surface area (TPSA) is 101 Å². The Kier molecular flexibility index (Phi) is 10.1. The molecule has 0 saturated heterocycles. The highest BCUT2D eigenvalue weighted by molar-refractivity contribution is 7.09. The number of thiazole rings is 1. The van der Waals surface area contributed by atoms with Gasteiger partial charge in [-0.3, -0.25) is 0 Å². The zero-order valence-corrected chi connectivity index (χ0v) is 19.7. The molecule has 0 spiro atoms. The minimum absolute atomic E-state index is 0.115. The van der Waals surface area contributed by atoms with E-state index in [0.29, 0.717) is 31.0 Å². The average molecular weight is 459 g/mol. The number of allylic oxidation sites excluding steroid dienone is 2. The Labute approximate surface area is 192 Å². The molecule has 32 heavy (non-hydrogen) atoms. The van der Waals surface area contributed by atoms with Gasteiger partial charge in [-0.2, -0.15) is 0 Å². The molecule has 172 valence electrons. The largest absolute Gasteiger partial charge is 0.482 e. The number of nitrogens with two attached hydrogens (primary N) is 1. The molecule has 1 unspecified atom stereocenters. The van der Waals surface area contributed by atoms with E-state index in [4.69, 9.17) is 19.9 Å². The van der Waals surface area contributed by atoms with Crippen molar-refractivity contribution in [1.29, 1.82) is 0 Å². The quantitative estimate of drug-likeness (QED) is 0.305. The molecule has 2 N–H and O–H groups in total. The normalized spacial score (nSPS) is 12.9. The molecule has 0 fully saturated rings. The zero-order chi connectivity index (χ0) is 23.5. The number of nitrogens with zero attached hydrogens (tertiary/aromatic N) is 1. The molecule has 0 aliphatic heterocycles. The number of carbonyl (C=O) groups is 2. The van der Waals surface area contributed by atoms with E-state index < -0.39 is 5.97 Å². The molecule has 1 heterocycles. The van der Waals surface area contributed by atoms with Crippen LogP contribution in [0.5, 0.6) is 5.75 Å². The lowest BCUT2D eigenvalue weighted by Gasteiger charge is -2.10. The summed E-state index contributed by atoms with van der Waals surface area (Å²) in [5.41, 5.74) is 9.64. The van der Waals surface area contributed by atoms with Gasteiger partial charge in [0, 0.05) is 11.0 Å². The highest BCUT2D eigenvalue weighted by Crippen LogP contribution is 2.23. The predicted molar refractivity (Wildman–Crippen MR) is 125 cm³/mol. The van der Waals surface area contributed by atoms with Crippen molar-refractivity contribution in [2.24, 2.45) is 5.73 Å². The maximum absolute atomic E-state index is 11.7. The average Bonchev–Trinajstić information content (AvgIpc) is 3.22. The summed E-state index contributed by atoms with van der Waals surface area (Å²) in [5, 5.41) is 2.77. The predicted octanol–water partition coefficient (Wildman–Crippen LogP) is 4.24. The fourth-order valence-corrected chi connectivity index (χ4v) is 3.64. The van der Waals surface area contributed by atoms with Gasteiger partial charge in [0.15, 0.2) is 6.61 Å². The lowest BCUT2D eigenvalue weighted by molar-refractivity contribution is -0.145. The second-order valence-electron chi connectivity index (χ2n) is 7.10. The van der Waals surface area contributed by atoms with E-state index in [-0.39, 0.29) is 18.6 Å². The fourth-order valence-electron chi connectivity index (χ4n) is 2.87. The van der Waals surface area contributed by atoms with E-state index in [0.717, 1.165) is 21.8 Å². The van der Waals surface area contributed by atoms with Crippen molar-refractivity contribution in [3.8, 4) is 5.75 Å².